The number of benzene rings is 1. The van der Waals surface area contributed by atoms with E-state index in [0.717, 1.165) is 23.2 Å². The molecule has 1 aromatic rings. The van der Waals surface area contributed by atoms with Gasteiger partial charge in [0.1, 0.15) is 0 Å². The first-order valence-corrected chi connectivity index (χ1v) is 4.88. The summed E-state index contributed by atoms with van der Waals surface area (Å²) in [5, 5.41) is 0. The van der Waals surface area contributed by atoms with Crippen molar-refractivity contribution in [2.75, 3.05) is 24.3 Å². The Labute approximate surface area is 88.6 Å². The van der Waals surface area contributed by atoms with Gasteiger partial charge in [0.2, 0.25) is 0 Å². The average molecular weight is 206 g/mol. The number of carbonyl (C=O) groups is 1. The van der Waals surface area contributed by atoms with E-state index in [1.807, 2.05) is 19.1 Å². The van der Waals surface area contributed by atoms with E-state index in [2.05, 4.69) is 0 Å². The Morgan fingerprint density at radius 3 is 2.93 bits per heavy atom. The van der Waals surface area contributed by atoms with Crippen LogP contribution in [0.5, 0.6) is 0 Å². The van der Waals surface area contributed by atoms with Gasteiger partial charge in [-0.05, 0) is 30.5 Å². The Morgan fingerprint density at radius 1 is 1.53 bits per heavy atom. The zero-order chi connectivity index (χ0) is 11.0. The zero-order valence-electron chi connectivity index (χ0n) is 8.91. The molecule has 1 aromatic carbocycles. The van der Waals surface area contributed by atoms with Crippen LogP contribution < -0.4 is 10.6 Å². The molecule has 15 heavy (non-hydrogen) atoms. The quantitative estimate of drug-likeness (QED) is 0.657. The van der Waals surface area contributed by atoms with Crippen molar-refractivity contribution < 1.29 is 9.53 Å². The molecular formula is C11H14N2O2. The molecule has 0 aromatic heterocycles. The maximum absolute atomic E-state index is 11.4. The molecule has 0 fully saturated rings. The van der Waals surface area contributed by atoms with Crippen LogP contribution >= 0.6 is 0 Å². The topological polar surface area (TPSA) is 55.6 Å². The normalized spacial score (nSPS) is 13.9. The molecule has 80 valence electrons. The summed E-state index contributed by atoms with van der Waals surface area (Å²) in [5.41, 5.74) is 9.63. The Morgan fingerprint density at radius 2 is 2.27 bits per heavy atom. The largest absolute Gasteiger partial charge is 0.452 e. The predicted molar refractivity (Wildman–Crippen MR) is 59.0 cm³/mol. The van der Waals surface area contributed by atoms with Gasteiger partial charge in [-0.3, -0.25) is 4.90 Å². The van der Waals surface area contributed by atoms with Crippen molar-refractivity contribution in [3.05, 3.63) is 23.3 Å². The van der Waals surface area contributed by atoms with E-state index in [9.17, 15) is 4.79 Å². The second-order valence-corrected chi connectivity index (χ2v) is 3.71. The Bertz CT molecular complexity index is 415. The van der Waals surface area contributed by atoms with E-state index in [1.54, 1.807) is 4.90 Å². The standard InChI is InChI=1S/C11H14N2O2/c1-7-5-8-3-4-13(11(14)15-2)10(8)6-9(7)12/h5-6H,3-4,12H2,1-2H3. The monoisotopic (exact) mass is 206 g/mol. The van der Waals surface area contributed by atoms with Crippen LogP contribution in [-0.4, -0.2) is 19.7 Å². The highest BCUT2D eigenvalue weighted by atomic mass is 16.5. The number of hydrogen-bond donors (Lipinski definition) is 1. The van der Waals surface area contributed by atoms with Gasteiger partial charge in [-0.15, -0.1) is 0 Å². The summed E-state index contributed by atoms with van der Waals surface area (Å²) in [7, 11) is 1.39. The number of aryl methyl sites for hydroxylation is 1. The van der Waals surface area contributed by atoms with Crippen LogP contribution in [0, 0.1) is 6.92 Å². The minimum absolute atomic E-state index is 0.322. The maximum atomic E-state index is 11.4. The number of rotatable bonds is 0. The highest BCUT2D eigenvalue weighted by Gasteiger charge is 2.25. The average Bonchev–Trinajstić information content (AvgIpc) is 2.61. The van der Waals surface area contributed by atoms with E-state index in [-0.39, 0.29) is 6.09 Å². The molecule has 0 bridgehead atoms. The lowest BCUT2D eigenvalue weighted by Crippen LogP contribution is -2.28. The van der Waals surface area contributed by atoms with Crippen LogP contribution in [0.2, 0.25) is 0 Å². The summed E-state index contributed by atoms with van der Waals surface area (Å²) in [6.45, 7) is 2.64. The van der Waals surface area contributed by atoms with Crippen LogP contribution in [0.15, 0.2) is 12.1 Å². The van der Waals surface area contributed by atoms with Crippen molar-refractivity contribution in [3.63, 3.8) is 0 Å². The first kappa shape index (κ1) is 9.83. The number of anilines is 2. The van der Waals surface area contributed by atoms with Gasteiger partial charge in [-0.25, -0.2) is 4.79 Å². The Balaban J connectivity index is 2.42. The number of nitrogen functional groups attached to an aromatic ring is 1. The first-order valence-electron chi connectivity index (χ1n) is 4.88. The summed E-state index contributed by atoms with van der Waals surface area (Å²) in [6.07, 6.45) is 0.544. The fourth-order valence-electron chi connectivity index (χ4n) is 1.88. The molecule has 0 saturated heterocycles. The zero-order valence-corrected chi connectivity index (χ0v) is 8.91. The van der Waals surface area contributed by atoms with Gasteiger partial charge in [0, 0.05) is 12.2 Å². The lowest BCUT2D eigenvalue weighted by atomic mass is 10.1. The van der Waals surface area contributed by atoms with Crippen molar-refractivity contribution in [1.82, 2.24) is 0 Å². The fraction of sp³-hybridized carbons (Fsp3) is 0.364. The third kappa shape index (κ3) is 1.52. The SMILES string of the molecule is COC(=O)N1CCc2cc(C)c(N)cc21. The summed E-state index contributed by atoms with van der Waals surface area (Å²) < 4.78 is 4.71. The number of amides is 1. The highest BCUT2D eigenvalue weighted by Crippen LogP contribution is 2.32. The number of nitrogens with zero attached hydrogens (tertiary/aromatic N) is 1. The molecule has 2 N–H and O–H groups in total. The summed E-state index contributed by atoms with van der Waals surface area (Å²) >= 11 is 0. The predicted octanol–water partition coefficient (Wildman–Crippen LogP) is 1.71. The molecule has 1 heterocycles. The molecule has 1 amide bonds. The smallest absolute Gasteiger partial charge is 0.414 e. The number of fused-ring (bicyclic) bond motifs is 1. The Hall–Kier alpha value is -1.71. The van der Waals surface area contributed by atoms with Crippen LogP contribution in [-0.2, 0) is 11.2 Å². The van der Waals surface area contributed by atoms with Gasteiger partial charge in [0.25, 0.3) is 0 Å². The molecule has 1 aliphatic heterocycles. The molecule has 0 unspecified atom stereocenters. The minimum Gasteiger partial charge on any atom is -0.452 e. The van der Waals surface area contributed by atoms with Gasteiger partial charge < -0.3 is 10.5 Å². The second-order valence-electron chi connectivity index (χ2n) is 3.71. The summed E-state index contributed by atoms with van der Waals surface area (Å²) in [6, 6.07) is 3.88. The van der Waals surface area contributed by atoms with E-state index < -0.39 is 0 Å². The number of methoxy groups -OCH3 is 1. The highest BCUT2D eigenvalue weighted by molar-refractivity contribution is 5.91. The number of carbonyl (C=O) groups excluding carboxylic acids is 1. The number of ether oxygens (including phenoxy) is 1. The van der Waals surface area contributed by atoms with E-state index in [1.165, 1.54) is 7.11 Å². The third-order valence-corrected chi connectivity index (χ3v) is 2.76. The van der Waals surface area contributed by atoms with Crippen LogP contribution in [0.4, 0.5) is 16.2 Å². The van der Waals surface area contributed by atoms with Crippen molar-refractivity contribution >= 4 is 17.5 Å². The van der Waals surface area contributed by atoms with Crippen molar-refractivity contribution in [2.45, 2.75) is 13.3 Å². The summed E-state index contributed by atoms with van der Waals surface area (Å²) in [5.74, 6) is 0. The summed E-state index contributed by atoms with van der Waals surface area (Å²) in [4.78, 5) is 13.1. The minimum atomic E-state index is -0.322. The molecular weight excluding hydrogens is 192 g/mol. The molecule has 0 radical (unpaired) electrons. The molecule has 4 nitrogen and oxygen atoms in total. The van der Waals surface area contributed by atoms with Gasteiger partial charge in [0.15, 0.2) is 0 Å². The van der Waals surface area contributed by atoms with Crippen LogP contribution in [0.25, 0.3) is 0 Å². The molecule has 1 aliphatic rings. The van der Waals surface area contributed by atoms with Crippen LogP contribution in [0.3, 0.4) is 0 Å². The number of hydrogen-bond acceptors (Lipinski definition) is 3. The molecule has 0 spiro atoms. The first-order chi connectivity index (χ1) is 7.13. The molecule has 0 saturated carbocycles. The lowest BCUT2D eigenvalue weighted by molar-refractivity contribution is 0.179. The molecule has 0 aliphatic carbocycles. The third-order valence-electron chi connectivity index (χ3n) is 2.76. The van der Waals surface area contributed by atoms with Crippen molar-refractivity contribution in [2.24, 2.45) is 0 Å². The maximum Gasteiger partial charge on any atom is 0.414 e. The van der Waals surface area contributed by atoms with Crippen molar-refractivity contribution in [1.29, 1.82) is 0 Å². The van der Waals surface area contributed by atoms with Gasteiger partial charge in [0.05, 0.1) is 12.8 Å². The van der Waals surface area contributed by atoms with Crippen LogP contribution in [0.1, 0.15) is 11.1 Å². The lowest BCUT2D eigenvalue weighted by Gasteiger charge is -2.16. The second kappa shape index (κ2) is 3.46. The molecule has 2 rings (SSSR count). The van der Waals surface area contributed by atoms with Gasteiger partial charge in [-0.1, -0.05) is 6.07 Å². The fourth-order valence-corrected chi connectivity index (χ4v) is 1.88. The van der Waals surface area contributed by atoms with E-state index in [0.29, 0.717) is 12.2 Å². The molecule has 4 heteroatoms. The van der Waals surface area contributed by atoms with E-state index >= 15 is 0 Å². The van der Waals surface area contributed by atoms with Crippen molar-refractivity contribution in [3.8, 4) is 0 Å². The Kier molecular flexibility index (Phi) is 2.26. The van der Waals surface area contributed by atoms with E-state index in [4.69, 9.17) is 10.5 Å². The molecule has 0 atom stereocenters. The van der Waals surface area contributed by atoms with Gasteiger partial charge in [-0.2, -0.15) is 0 Å². The van der Waals surface area contributed by atoms with Gasteiger partial charge >= 0.3 is 6.09 Å². The number of nitrogens with two attached hydrogens (primary N) is 1.